The van der Waals surface area contributed by atoms with Crippen LogP contribution in [-0.2, 0) is 0 Å². The summed E-state index contributed by atoms with van der Waals surface area (Å²) >= 11 is 6.02. The number of hydrogen-bond donors (Lipinski definition) is 1. The Morgan fingerprint density at radius 3 is 2.65 bits per heavy atom. The second kappa shape index (κ2) is 6.58. The molecule has 0 atom stereocenters. The molecule has 3 aromatic rings. The second-order valence-corrected chi connectivity index (χ2v) is 5.33. The van der Waals surface area contributed by atoms with Crippen LogP contribution in [0.15, 0.2) is 65.8 Å². The highest BCUT2D eigenvalue weighted by Gasteiger charge is 2.04. The molecule has 4 nitrogen and oxygen atoms in total. The highest BCUT2D eigenvalue weighted by atomic mass is 35.5. The van der Waals surface area contributed by atoms with Crippen molar-refractivity contribution in [1.82, 2.24) is 4.57 Å². The number of phenolic OH excluding ortho intramolecular Hbond substituents is 1. The lowest BCUT2D eigenvalue weighted by Gasteiger charge is -2.07. The quantitative estimate of drug-likeness (QED) is 0.712. The highest BCUT2D eigenvalue weighted by Crippen LogP contribution is 2.30. The van der Waals surface area contributed by atoms with E-state index in [0.717, 1.165) is 11.4 Å². The molecule has 0 saturated carbocycles. The Kier molecular flexibility index (Phi) is 4.35. The maximum Gasteiger partial charge on any atom is 0.144 e. The van der Waals surface area contributed by atoms with Gasteiger partial charge in [-0.25, -0.2) is 0 Å². The number of benzene rings is 2. The molecule has 0 radical (unpaired) electrons. The van der Waals surface area contributed by atoms with Gasteiger partial charge >= 0.3 is 0 Å². The Morgan fingerprint density at radius 2 is 1.91 bits per heavy atom. The zero-order chi connectivity index (χ0) is 16.2. The fourth-order valence-corrected chi connectivity index (χ4v) is 2.41. The summed E-state index contributed by atoms with van der Waals surface area (Å²) in [5.74, 6) is 0.896. The van der Waals surface area contributed by atoms with Crippen LogP contribution in [0.3, 0.4) is 0 Å². The third kappa shape index (κ3) is 3.38. The Labute approximate surface area is 139 Å². The van der Waals surface area contributed by atoms with Crippen LogP contribution in [0.5, 0.6) is 11.5 Å². The summed E-state index contributed by atoms with van der Waals surface area (Å²) in [5, 5.41) is 10.0. The van der Waals surface area contributed by atoms with Gasteiger partial charge in [0.15, 0.2) is 0 Å². The van der Waals surface area contributed by atoms with Crippen LogP contribution in [0, 0.1) is 0 Å². The summed E-state index contributed by atoms with van der Waals surface area (Å²) in [5.41, 5.74) is 2.50. The van der Waals surface area contributed by atoms with Crippen molar-refractivity contribution in [2.45, 2.75) is 0 Å². The zero-order valence-electron chi connectivity index (χ0n) is 12.5. The van der Waals surface area contributed by atoms with Gasteiger partial charge in [0.25, 0.3) is 0 Å². The van der Waals surface area contributed by atoms with Crippen LogP contribution in [0.25, 0.3) is 5.69 Å². The van der Waals surface area contributed by atoms with E-state index in [0.29, 0.717) is 16.5 Å². The average molecular weight is 327 g/mol. The van der Waals surface area contributed by atoms with Crippen molar-refractivity contribution in [1.29, 1.82) is 0 Å². The van der Waals surface area contributed by atoms with Crippen LogP contribution < -0.4 is 4.74 Å². The van der Waals surface area contributed by atoms with Gasteiger partial charge in [0.1, 0.15) is 17.2 Å². The molecule has 116 valence electrons. The van der Waals surface area contributed by atoms with Crippen LogP contribution in [0.4, 0.5) is 5.69 Å². The number of aliphatic imine (C=N–C) groups is 1. The molecule has 0 aliphatic heterocycles. The third-order valence-corrected chi connectivity index (χ3v) is 3.62. The summed E-state index contributed by atoms with van der Waals surface area (Å²) in [7, 11) is 1.60. The fraction of sp³-hybridized carbons (Fsp3) is 0.0556. The van der Waals surface area contributed by atoms with Crippen LogP contribution >= 0.6 is 11.6 Å². The highest BCUT2D eigenvalue weighted by molar-refractivity contribution is 6.30. The van der Waals surface area contributed by atoms with Crippen molar-refractivity contribution in [3.05, 3.63) is 71.5 Å². The van der Waals surface area contributed by atoms with E-state index in [9.17, 15) is 5.11 Å². The summed E-state index contributed by atoms with van der Waals surface area (Å²) in [6.45, 7) is 0. The maximum absolute atomic E-state index is 9.40. The molecule has 1 aromatic heterocycles. The molecule has 0 amide bonds. The number of phenols is 1. The van der Waals surface area contributed by atoms with Crippen molar-refractivity contribution in [2.24, 2.45) is 4.99 Å². The van der Waals surface area contributed by atoms with Crippen molar-refractivity contribution < 1.29 is 9.84 Å². The van der Waals surface area contributed by atoms with E-state index in [2.05, 4.69) is 4.99 Å². The van der Waals surface area contributed by atoms with Crippen LogP contribution in [0.2, 0.25) is 5.02 Å². The van der Waals surface area contributed by atoms with Crippen molar-refractivity contribution in [3.63, 3.8) is 0 Å². The molecular weight excluding hydrogens is 312 g/mol. The third-order valence-electron chi connectivity index (χ3n) is 3.38. The zero-order valence-corrected chi connectivity index (χ0v) is 13.2. The number of ether oxygens (including phenoxy) is 1. The molecule has 1 N–H and O–H groups in total. The number of aromatic hydroxyl groups is 1. The monoisotopic (exact) mass is 326 g/mol. The van der Waals surface area contributed by atoms with E-state index in [1.54, 1.807) is 43.7 Å². The molecule has 0 aliphatic carbocycles. The van der Waals surface area contributed by atoms with Crippen LogP contribution in [-0.4, -0.2) is 23.0 Å². The maximum atomic E-state index is 9.40. The van der Waals surface area contributed by atoms with Gasteiger partial charge in [-0.15, -0.1) is 0 Å². The molecule has 5 heteroatoms. The molecule has 0 bridgehead atoms. The van der Waals surface area contributed by atoms with Gasteiger partial charge in [-0.2, -0.15) is 0 Å². The smallest absolute Gasteiger partial charge is 0.144 e. The van der Waals surface area contributed by atoms with Gasteiger partial charge in [-0.3, -0.25) is 4.99 Å². The van der Waals surface area contributed by atoms with E-state index < -0.39 is 0 Å². The standard InChI is InChI=1S/C18H15ClN2O2/c1-23-18-9-4-13(19)11-17(18)20-12-15-3-2-10-21(15)14-5-7-16(22)8-6-14/h2-12,22H,1H3. The normalized spacial score (nSPS) is 11.0. The first-order chi connectivity index (χ1) is 11.2. The predicted octanol–water partition coefficient (Wildman–Crippen LogP) is 4.60. The molecular formula is C18H15ClN2O2. The van der Waals surface area contributed by atoms with Crippen molar-refractivity contribution in [3.8, 4) is 17.2 Å². The summed E-state index contributed by atoms with van der Waals surface area (Å²) < 4.78 is 7.26. The summed E-state index contributed by atoms with van der Waals surface area (Å²) in [6.07, 6.45) is 3.68. The molecule has 0 saturated heterocycles. The molecule has 1 heterocycles. The lowest BCUT2D eigenvalue weighted by molar-refractivity contribution is 0.416. The van der Waals surface area contributed by atoms with E-state index in [1.807, 2.05) is 35.0 Å². The Morgan fingerprint density at radius 1 is 1.13 bits per heavy atom. The number of halogens is 1. The second-order valence-electron chi connectivity index (χ2n) is 4.89. The minimum Gasteiger partial charge on any atom is -0.508 e. The van der Waals surface area contributed by atoms with Gasteiger partial charge in [-0.1, -0.05) is 11.6 Å². The predicted molar refractivity (Wildman–Crippen MR) is 92.7 cm³/mol. The first kappa shape index (κ1) is 15.2. The molecule has 23 heavy (non-hydrogen) atoms. The first-order valence-electron chi connectivity index (χ1n) is 7.02. The van der Waals surface area contributed by atoms with Crippen LogP contribution in [0.1, 0.15) is 5.69 Å². The molecule has 0 spiro atoms. The lowest BCUT2D eigenvalue weighted by Crippen LogP contribution is -1.97. The first-order valence-corrected chi connectivity index (χ1v) is 7.39. The van der Waals surface area contributed by atoms with Gasteiger partial charge in [-0.05, 0) is 54.6 Å². The van der Waals surface area contributed by atoms with E-state index in [-0.39, 0.29) is 5.75 Å². The molecule has 0 unspecified atom stereocenters. The Balaban J connectivity index is 1.94. The van der Waals surface area contributed by atoms with Gasteiger partial charge in [0, 0.05) is 16.9 Å². The molecule has 2 aromatic carbocycles. The number of hydrogen-bond acceptors (Lipinski definition) is 3. The summed E-state index contributed by atoms with van der Waals surface area (Å²) in [4.78, 5) is 4.48. The minimum atomic E-state index is 0.236. The van der Waals surface area contributed by atoms with E-state index in [4.69, 9.17) is 16.3 Å². The molecule has 3 rings (SSSR count). The fourth-order valence-electron chi connectivity index (χ4n) is 2.25. The van der Waals surface area contributed by atoms with Crippen molar-refractivity contribution >= 4 is 23.5 Å². The average Bonchev–Trinajstić information content (AvgIpc) is 3.02. The lowest BCUT2D eigenvalue weighted by atomic mass is 10.3. The Bertz CT molecular complexity index is 838. The van der Waals surface area contributed by atoms with E-state index >= 15 is 0 Å². The van der Waals surface area contributed by atoms with Crippen molar-refractivity contribution in [2.75, 3.05) is 7.11 Å². The number of nitrogens with zero attached hydrogens (tertiary/aromatic N) is 2. The Hall–Kier alpha value is -2.72. The van der Waals surface area contributed by atoms with Gasteiger partial charge in [0.2, 0.25) is 0 Å². The number of methoxy groups -OCH3 is 1. The minimum absolute atomic E-state index is 0.236. The largest absolute Gasteiger partial charge is 0.508 e. The van der Waals surface area contributed by atoms with E-state index in [1.165, 1.54) is 0 Å². The number of aromatic nitrogens is 1. The number of rotatable bonds is 4. The summed E-state index contributed by atoms with van der Waals surface area (Å²) in [6, 6.07) is 16.2. The molecule has 0 fully saturated rings. The SMILES string of the molecule is COc1ccc(Cl)cc1N=Cc1cccn1-c1ccc(O)cc1. The van der Waals surface area contributed by atoms with Gasteiger partial charge < -0.3 is 14.4 Å². The topological polar surface area (TPSA) is 46.8 Å². The van der Waals surface area contributed by atoms with Gasteiger partial charge in [0.05, 0.1) is 19.0 Å². The molecule has 0 aliphatic rings.